The van der Waals surface area contributed by atoms with Crippen LogP contribution in [0, 0.1) is 0 Å². The Balaban J connectivity index is 1.11. The summed E-state index contributed by atoms with van der Waals surface area (Å²) in [5.74, 6) is 0.107. The molecule has 0 bridgehead atoms. The van der Waals surface area contributed by atoms with E-state index in [-0.39, 0.29) is 0 Å². The summed E-state index contributed by atoms with van der Waals surface area (Å²) in [7, 11) is 0. The molecule has 4 aromatic carbocycles. The van der Waals surface area contributed by atoms with Gasteiger partial charge in [0.05, 0.1) is 22.8 Å². The topological polar surface area (TPSA) is 103 Å². The lowest BCUT2D eigenvalue weighted by molar-refractivity contribution is -0.129. The van der Waals surface area contributed by atoms with Crippen molar-refractivity contribution in [3.63, 3.8) is 0 Å². The van der Waals surface area contributed by atoms with Crippen molar-refractivity contribution in [1.29, 1.82) is 0 Å². The highest BCUT2D eigenvalue weighted by molar-refractivity contribution is 6.21. The third kappa shape index (κ3) is 8.46. The minimum atomic E-state index is -1.20. The van der Waals surface area contributed by atoms with E-state index in [0.29, 0.717) is 24.7 Å². The molecule has 0 saturated carbocycles. The molecule has 6 aromatic rings. The van der Waals surface area contributed by atoms with E-state index in [1.54, 1.807) is 0 Å². The van der Waals surface area contributed by atoms with E-state index >= 15 is 0 Å². The molecule has 8 heteroatoms. The molecule has 2 heterocycles. The Morgan fingerprint density at radius 1 is 0.596 bits per heavy atom. The molecule has 0 radical (unpaired) electrons. The van der Waals surface area contributed by atoms with Crippen LogP contribution >= 0.6 is 0 Å². The Hall–Kier alpha value is -6.28. The summed E-state index contributed by atoms with van der Waals surface area (Å²) in [6.45, 7) is 0.604. The number of carboxylic acid groups (broad SMARTS) is 1. The van der Waals surface area contributed by atoms with Gasteiger partial charge in [-0.25, -0.2) is 14.8 Å². The fraction of sp³-hybridized carbons (Fsp3) is 0.0769. The molecule has 0 unspecified atom stereocenters. The van der Waals surface area contributed by atoms with E-state index < -0.39 is 12.1 Å². The molecule has 0 fully saturated rings. The van der Waals surface area contributed by atoms with Crippen LogP contribution in [0.3, 0.4) is 0 Å². The summed E-state index contributed by atoms with van der Waals surface area (Å²) in [5, 5.41) is 12.7. The van der Waals surface area contributed by atoms with Gasteiger partial charge in [0, 0.05) is 11.1 Å². The quantitative estimate of drug-likeness (QED) is 0.103. The second-order valence-corrected chi connectivity index (χ2v) is 10.5. The standard InChI is InChI=1S/C39H31N3O5/c43-38(44)25-40-47-39(30-17-21-34(22-18-30)45-26-32-13-7-15-36(41-32)28-9-3-1-4-10-28)31-19-23-35(24-20-31)46-27-33-14-8-16-37(42-33)29-11-5-2-6-12-29/h1-25,39H,26-27H2,(H,43,44). The highest BCUT2D eigenvalue weighted by atomic mass is 16.6. The van der Waals surface area contributed by atoms with Crippen molar-refractivity contribution < 1.29 is 24.2 Å². The molecule has 0 saturated heterocycles. The van der Waals surface area contributed by atoms with Gasteiger partial charge < -0.3 is 19.4 Å². The van der Waals surface area contributed by atoms with Crippen molar-refractivity contribution in [2.24, 2.45) is 5.16 Å². The first-order valence-electron chi connectivity index (χ1n) is 15.0. The number of nitrogens with zero attached hydrogens (tertiary/aromatic N) is 3. The molecule has 232 valence electrons. The largest absolute Gasteiger partial charge is 0.487 e. The molecule has 6 rings (SSSR count). The van der Waals surface area contributed by atoms with Crippen LogP contribution in [-0.4, -0.2) is 27.3 Å². The minimum Gasteiger partial charge on any atom is -0.487 e. The van der Waals surface area contributed by atoms with E-state index in [1.807, 2.05) is 146 Å². The van der Waals surface area contributed by atoms with Crippen LogP contribution in [0.1, 0.15) is 28.6 Å². The van der Waals surface area contributed by atoms with Gasteiger partial charge in [-0.3, -0.25) is 0 Å². The Morgan fingerprint density at radius 2 is 1.04 bits per heavy atom. The molecule has 0 aliphatic heterocycles. The number of pyridine rings is 2. The molecule has 0 aliphatic rings. The van der Waals surface area contributed by atoms with Crippen LogP contribution in [0.2, 0.25) is 0 Å². The molecule has 1 N–H and O–H groups in total. The molecule has 2 aromatic heterocycles. The molecule has 0 atom stereocenters. The van der Waals surface area contributed by atoms with Crippen LogP contribution < -0.4 is 9.47 Å². The van der Waals surface area contributed by atoms with Crippen molar-refractivity contribution in [3.05, 3.63) is 168 Å². The zero-order valence-corrected chi connectivity index (χ0v) is 25.3. The number of benzene rings is 4. The predicted molar refractivity (Wildman–Crippen MR) is 180 cm³/mol. The first kappa shape index (κ1) is 30.7. The molecule has 0 aliphatic carbocycles. The Kier molecular flexibility index (Phi) is 9.90. The Morgan fingerprint density at radius 3 is 1.47 bits per heavy atom. The smallest absolute Gasteiger partial charge is 0.350 e. The van der Waals surface area contributed by atoms with Crippen LogP contribution in [0.15, 0.2) is 151 Å². The number of carbonyl (C=O) groups is 1. The van der Waals surface area contributed by atoms with Gasteiger partial charge in [-0.05, 0) is 59.7 Å². The SMILES string of the molecule is O=C(O)C=NOC(c1ccc(OCc2cccc(-c3ccccc3)n2)cc1)c1ccc(OCc2cccc(-c3ccccc3)n2)cc1. The lowest BCUT2D eigenvalue weighted by Gasteiger charge is -2.17. The predicted octanol–water partition coefficient (Wildman–Crippen LogP) is 8.15. The van der Waals surface area contributed by atoms with Gasteiger partial charge in [-0.1, -0.05) is 102 Å². The van der Waals surface area contributed by atoms with Crippen LogP contribution in [0.4, 0.5) is 0 Å². The Bertz CT molecular complexity index is 1800. The molecular weight excluding hydrogens is 590 g/mol. The van der Waals surface area contributed by atoms with E-state index in [2.05, 4.69) is 5.16 Å². The molecule has 8 nitrogen and oxygen atoms in total. The summed E-state index contributed by atoms with van der Waals surface area (Å²) in [6, 6.07) is 46.5. The second-order valence-electron chi connectivity index (χ2n) is 10.5. The summed E-state index contributed by atoms with van der Waals surface area (Å²) in [5.41, 5.74) is 6.99. The van der Waals surface area contributed by atoms with Gasteiger partial charge in [0.25, 0.3) is 0 Å². The number of hydrogen-bond donors (Lipinski definition) is 1. The van der Waals surface area contributed by atoms with Gasteiger partial charge in [-0.15, -0.1) is 0 Å². The monoisotopic (exact) mass is 621 g/mol. The minimum absolute atomic E-state index is 0.302. The third-order valence-electron chi connectivity index (χ3n) is 7.22. The molecular formula is C39H31N3O5. The highest BCUT2D eigenvalue weighted by Crippen LogP contribution is 2.30. The van der Waals surface area contributed by atoms with Crippen molar-refractivity contribution in [1.82, 2.24) is 9.97 Å². The number of rotatable bonds is 13. The van der Waals surface area contributed by atoms with E-state index in [4.69, 9.17) is 29.4 Å². The van der Waals surface area contributed by atoms with Gasteiger partial charge in [0.1, 0.15) is 24.7 Å². The number of aromatic nitrogens is 2. The maximum atomic E-state index is 11.1. The van der Waals surface area contributed by atoms with Gasteiger partial charge in [0.2, 0.25) is 0 Å². The summed E-state index contributed by atoms with van der Waals surface area (Å²) < 4.78 is 12.0. The maximum Gasteiger partial charge on any atom is 0.350 e. The third-order valence-corrected chi connectivity index (χ3v) is 7.22. The normalized spacial score (nSPS) is 11.0. The summed E-state index contributed by atoms with van der Waals surface area (Å²) in [6.07, 6.45) is 0.0527. The van der Waals surface area contributed by atoms with Crippen LogP contribution in [-0.2, 0) is 22.8 Å². The number of oxime groups is 1. The first-order chi connectivity index (χ1) is 23.1. The van der Waals surface area contributed by atoms with Gasteiger partial charge >= 0.3 is 5.97 Å². The summed E-state index contributed by atoms with van der Waals surface area (Å²) >= 11 is 0. The van der Waals surface area contributed by atoms with E-state index in [9.17, 15) is 4.79 Å². The fourth-order valence-electron chi connectivity index (χ4n) is 4.90. The lowest BCUT2D eigenvalue weighted by Crippen LogP contribution is -2.06. The summed E-state index contributed by atoms with van der Waals surface area (Å²) in [4.78, 5) is 26.2. The maximum absolute atomic E-state index is 11.1. The van der Waals surface area contributed by atoms with Gasteiger partial charge in [0.15, 0.2) is 12.3 Å². The van der Waals surface area contributed by atoms with Crippen molar-refractivity contribution in [3.8, 4) is 34.0 Å². The number of hydrogen-bond acceptors (Lipinski definition) is 7. The zero-order chi connectivity index (χ0) is 32.3. The van der Waals surface area contributed by atoms with Crippen molar-refractivity contribution >= 4 is 12.2 Å². The zero-order valence-electron chi connectivity index (χ0n) is 25.3. The number of carboxylic acids is 1. The number of ether oxygens (including phenoxy) is 2. The van der Waals surface area contributed by atoms with Crippen LogP contribution in [0.25, 0.3) is 22.5 Å². The molecule has 0 amide bonds. The van der Waals surface area contributed by atoms with E-state index in [0.717, 1.165) is 51.2 Å². The van der Waals surface area contributed by atoms with Crippen LogP contribution in [0.5, 0.6) is 11.5 Å². The molecule has 0 spiro atoms. The lowest BCUT2D eigenvalue weighted by atomic mass is 10.0. The van der Waals surface area contributed by atoms with E-state index in [1.165, 1.54) is 0 Å². The average molecular weight is 622 g/mol. The molecule has 47 heavy (non-hydrogen) atoms. The van der Waals surface area contributed by atoms with Gasteiger partial charge in [-0.2, -0.15) is 0 Å². The highest BCUT2D eigenvalue weighted by Gasteiger charge is 2.17. The average Bonchev–Trinajstić information content (AvgIpc) is 3.13. The second kappa shape index (κ2) is 15.1. The van der Waals surface area contributed by atoms with Crippen molar-refractivity contribution in [2.45, 2.75) is 19.3 Å². The number of aliphatic carboxylic acids is 1. The van der Waals surface area contributed by atoms with Crippen molar-refractivity contribution in [2.75, 3.05) is 0 Å². The Labute approximate surface area is 272 Å². The first-order valence-corrected chi connectivity index (χ1v) is 15.0. The fourth-order valence-corrected chi connectivity index (χ4v) is 4.90.